The maximum atomic E-state index is 14.0. The average Bonchev–Trinajstić information content (AvgIpc) is 3.56. The van der Waals surface area contributed by atoms with Crippen LogP contribution < -0.4 is 16.0 Å². The van der Waals surface area contributed by atoms with E-state index in [1.807, 2.05) is 58.0 Å². The number of nitrogens with one attached hydrogen (secondary N) is 3. The normalized spacial score (nSPS) is 14.2. The Labute approximate surface area is 308 Å². The fourth-order valence-electron chi connectivity index (χ4n) is 5.29. The standard InChI is InChI=1S/C35H49N7O8S2/c1-6-24(4)32(40-34(45)41(5)20-27-22-51-31(38-27)18-36-35(46)47)33(44)39-29(16-25-10-8-7-9-11-25)30(43)21-42(19-23(2)3)52(49,50)28-14-12-26(13-15-28)17-37-48/h7-15,17,22-24,29-30,32,36,43,48H,6,16,18-21H2,1-5H3,(H,39,44)(H,40,45)(H,46,47)/t24-,29-,30+,32-/m0/s1. The molecule has 2 aromatic carbocycles. The van der Waals surface area contributed by atoms with Crippen LogP contribution in [-0.4, -0.2) is 101 Å². The number of nitrogens with zero attached hydrogens (tertiary/aromatic N) is 4. The van der Waals surface area contributed by atoms with Crippen molar-refractivity contribution in [2.24, 2.45) is 17.0 Å². The molecule has 15 nitrogen and oxygen atoms in total. The zero-order chi connectivity index (χ0) is 38.4. The number of aliphatic hydroxyl groups excluding tert-OH is 1. The molecule has 0 radical (unpaired) electrons. The van der Waals surface area contributed by atoms with Gasteiger partial charge in [-0.25, -0.2) is 23.0 Å². The second-order valence-electron chi connectivity index (χ2n) is 13.0. The first-order valence-electron chi connectivity index (χ1n) is 16.9. The molecule has 4 atom stereocenters. The van der Waals surface area contributed by atoms with Gasteiger partial charge in [-0.05, 0) is 41.5 Å². The molecule has 0 spiro atoms. The molecule has 3 aromatic rings. The molecule has 0 bridgehead atoms. The molecule has 6 N–H and O–H groups in total. The van der Waals surface area contributed by atoms with E-state index < -0.39 is 46.2 Å². The highest BCUT2D eigenvalue weighted by molar-refractivity contribution is 7.89. The van der Waals surface area contributed by atoms with Crippen molar-refractivity contribution >= 4 is 45.6 Å². The number of rotatable bonds is 19. The van der Waals surface area contributed by atoms with E-state index in [9.17, 15) is 27.9 Å². The van der Waals surface area contributed by atoms with Crippen LogP contribution in [0.4, 0.5) is 9.59 Å². The van der Waals surface area contributed by atoms with Gasteiger partial charge in [0.1, 0.15) is 11.0 Å². The van der Waals surface area contributed by atoms with E-state index >= 15 is 0 Å². The topological polar surface area (TPSA) is 214 Å². The van der Waals surface area contributed by atoms with Crippen LogP contribution in [0.15, 0.2) is 70.0 Å². The second kappa shape index (κ2) is 19.9. The monoisotopic (exact) mass is 759 g/mol. The molecule has 17 heteroatoms. The van der Waals surface area contributed by atoms with Crippen molar-refractivity contribution in [3.8, 4) is 0 Å². The van der Waals surface area contributed by atoms with E-state index in [2.05, 4.69) is 26.1 Å². The number of benzene rings is 2. The number of aliphatic hydroxyl groups is 1. The third kappa shape index (κ3) is 12.6. The van der Waals surface area contributed by atoms with Gasteiger partial charge in [-0.1, -0.05) is 81.7 Å². The van der Waals surface area contributed by atoms with Gasteiger partial charge in [0.2, 0.25) is 15.9 Å². The van der Waals surface area contributed by atoms with Gasteiger partial charge in [0.15, 0.2) is 0 Å². The van der Waals surface area contributed by atoms with Gasteiger partial charge in [0.25, 0.3) is 0 Å². The molecule has 0 aliphatic heterocycles. The quantitative estimate of drug-likeness (QED) is 0.0596. The Bertz CT molecular complexity index is 1740. The van der Waals surface area contributed by atoms with Crippen LogP contribution in [0.5, 0.6) is 0 Å². The Hall–Kier alpha value is -4.58. The molecular formula is C35H49N7O8S2. The van der Waals surface area contributed by atoms with Crippen molar-refractivity contribution < 1.29 is 38.2 Å². The van der Waals surface area contributed by atoms with Crippen molar-refractivity contribution in [2.45, 2.75) is 76.7 Å². The predicted octanol–water partition coefficient (Wildman–Crippen LogP) is 3.71. The van der Waals surface area contributed by atoms with Crippen molar-refractivity contribution in [3.05, 3.63) is 81.8 Å². The molecule has 1 heterocycles. The fraction of sp³-hybridized carbons (Fsp3) is 0.457. The third-order valence-corrected chi connectivity index (χ3v) is 11.0. The van der Waals surface area contributed by atoms with Gasteiger partial charge >= 0.3 is 12.1 Å². The first-order chi connectivity index (χ1) is 24.6. The Morgan fingerprint density at radius 1 is 1.02 bits per heavy atom. The summed E-state index contributed by atoms with van der Waals surface area (Å²) in [6, 6.07) is 12.5. The second-order valence-corrected chi connectivity index (χ2v) is 15.8. The van der Waals surface area contributed by atoms with E-state index in [0.29, 0.717) is 22.7 Å². The van der Waals surface area contributed by atoms with E-state index in [0.717, 1.165) is 5.56 Å². The molecule has 284 valence electrons. The third-order valence-electron chi connectivity index (χ3n) is 8.29. The number of sulfonamides is 1. The molecule has 0 saturated heterocycles. The van der Waals surface area contributed by atoms with Crippen LogP contribution in [0.25, 0.3) is 0 Å². The lowest BCUT2D eigenvalue weighted by atomic mass is 9.96. The number of hydrogen-bond acceptors (Lipinski definition) is 10. The SMILES string of the molecule is CC[C@H](C)[C@H](NC(=O)N(C)Cc1csc(CNC(=O)O)n1)C(=O)N[C@@H](Cc1ccccc1)[C@H](O)CN(CC(C)C)S(=O)(=O)c1ccc(C=NO)cc1. The molecule has 0 saturated carbocycles. The summed E-state index contributed by atoms with van der Waals surface area (Å²) in [5, 5.41) is 42.6. The first kappa shape index (κ1) is 41.8. The molecule has 0 aliphatic rings. The summed E-state index contributed by atoms with van der Waals surface area (Å²) in [5.41, 5.74) is 1.85. The fourth-order valence-corrected chi connectivity index (χ4v) is 7.64. The lowest BCUT2D eigenvalue weighted by Gasteiger charge is -2.33. The van der Waals surface area contributed by atoms with Crippen LogP contribution in [-0.2, 0) is 34.3 Å². The van der Waals surface area contributed by atoms with Gasteiger partial charge in [0, 0.05) is 25.5 Å². The zero-order valence-corrected chi connectivity index (χ0v) is 31.6. The summed E-state index contributed by atoms with van der Waals surface area (Å²) in [6.07, 6.45) is -0.608. The Balaban J connectivity index is 1.83. The summed E-state index contributed by atoms with van der Waals surface area (Å²) in [6.45, 7) is 7.35. The van der Waals surface area contributed by atoms with Crippen LogP contribution >= 0.6 is 11.3 Å². The number of thiazole rings is 1. The van der Waals surface area contributed by atoms with E-state index in [4.69, 9.17) is 10.3 Å². The Morgan fingerprint density at radius 3 is 2.29 bits per heavy atom. The Morgan fingerprint density at radius 2 is 1.69 bits per heavy atom. The number of carbonyl (C=O) groups is 3. The highest BCUT2D eigenvalue weighted by Gasteiger charge is 2.34. The number of aromatic nitrogens is 1. The number of hydrogen-bond donors (Lipinski definition) is 6. The van der Waals surface area contributed by atoms with E-state index in [1.165, 1.54) is 51.0 Å². The van der Waals surface area contributed by atoms with Gasteiger partial charge in [0.05, 0.1) is 42.0 Å². The van der Waals surface area contributed by atoms with E-state index in [-0.39, 0.29) is 49.3 Å². The molecule has 0 unspecified atom stereocenters. The molecule has 52 heavy (non-hydrogen) atoms. The summed E-state index contributed by atoms with van der Waals surface area (Å²) in [4.78, 5) is 43.8. The van der Waals surface area contributed by atoms with Crippen LogP contribution in [0, 0.1) is 11.8 Å². The highest BCUT2D eigenvalue weighted by atomic mass is 32.2. The minimum Gasteiger partial charge on any atom is -0.465 e. The van der Waals surface area contributed by atoms with E-state index in [1.54, 1.807) is 12.4 Å². The molecule has 3 rings (SSSR count). The first-order valence-corrected chi connectivity index (χ1v) is 19.2. The maximum Gasteiger partial charge on any atom is 0.405 e. The number of carboxylic acid groups (broad SMARTS) is 1. The average molecular weight is 760 g/mol. The van der Waals surface area contributed by atoms with Crippen molar-refractivity contribution in [2.75, 3.05) is 20.1 Å². The van der Waals surface area contributed by atoms with Gasteiger partial charge in [-0.15, -0.1) is 11.3 Å². The van der Waals surface area contributed by atoms with Crippen molar-refractivity contribution in [3.63, 3.8) is 0 Å². The number of oxime groups is 1. The van der Waals surface area contributed by atoms with Crippen LogP contribution in [0.1, 0.15) is 55.9 Å². The van der Waals surface area contributed by atoms with Crippen molar-refractivity contribution in [1.29, 1.82) is 0 Å². The number of amides is 4. The largest absolute Gasteiger partial charge is 0.465 e. The molecule has 0 fully saturated rings. The van der Waals surface area contributed by atoms with Gasteiger partial charge < -0.3 is 36.3 Å². The minimum atomic E-state index is -4.09. The predicted molar refractivity (Wildman–Crippen MR) is 198 cm³/mol. The highest BCUT2D eigenvalue weighted by Crippen LogP contribution is 2.20. The molecule has 1 aromatic heterocycles. The Kier molecular flexibility index (Phi) is 16.0. The molecule has 0 aliphatic carbocycles. The van der Waals surface area contributed by atoms with Crippen LogP contribution in [0.2, 0.25) is 0 Å². The molecule has 4 amide bonds. The summed E-state index contributed by atoms with van der Waals surface area (Å²) in [7, 11) is -2.54. The smallest absolute Gasteiger partial charge is 0.405 e. The maximum absolute atomic E-state index is 14.0. The number of urea groups is 1. The molecular weight excluding hydrogens is 711 g/mol. The van der Waals surface area contributed by atoms with Crippen molar-refractivity contribution in [1.82, 2.24) is 30.1 Å². The summed E-state index contributed by atoms with van der Waals surface area (Å²) >= 11 is 1.25. The lowest BCUT2D eigenvalue weighted by Crippen LogP contribution is -2.58. The lowest BCUT2D eigenvalue weighted by molar-refractivity contribution is -0.125. The summed E-state index contributed by atoms with van der Waals surface area (Å²) in [5.74, 6) is -0.938. The zero-order valence-electron chi connectivity index (χ0n) is 30.0. The summed E-state index contributed by atoms with van der Waals surface area (Å²) < 4.78 is 28.9. The van der Waals surface area contributed by atoms with Gasteiger partial charge in [-0.2, -0.15) is 4.31 Å². The minimum absolute atomic E-state index is 0.00597. The number of carbonyl (C=O) groups excluding carboxylic acids is 2. The van der Waals surface area contributed by atoms with Crippen LogP contribution in [0.3, 0.4) is 0 Å². The van der Waals surface area contributed by atoms with Gasteiger partial charge in [-0.3, -0.25) is 4.79 Å².